The highest BCUT2D eigenvalue weighted by Crippen LogP contribution is 2.37. The summed E-state index contributed by atoms with van der Waals surface area (Å²) in [5, 5.41) is 0. The van der Waals surface area contributed by atoms with Gasteiger partial charge in [-0.05, 0) is 73.9 Å². The summed E-state index contributed by atoms with van der Waals surface area (Å²) in [6.45, 7) is 0.836. The molecule has 0 spiro atoms. The SMILES string of the molecule is COC(=O)c1c2c(n(CCCCCCl)c1-c1ccc(F)cc1)CCCC2. The van der Waals surface area contributed by atoms with E-state index >= 15 is 0 Å². The normalized spacial score (nSPS) is 13.5. The molecule has 0 saturated carbocycles. The van der Waals surface area contributed by atoms with E-state index in [4.69, 9.17) is 16.3 Å². The zero-order chi connectivity index (χ0) is 18.5. The predicted molar refractivity (Wildman–Crippen MR) is 102 cm³/mol. The van der Waals surface area contributed by atoms with Crippen molar-refractivity contribution in [1.82, 2.24) is 4.57 Å². The lowest BCUT2D eigenvalue weighted by atomic mass is 9.93. The monoisotopic (exact) mass is 377 g/mol. The highest BCUT2D eigenvalue weighted by molar-refractivity contribution is 6.17. The van der Waals surface area contributed by atoms with E-state index in [-0.39, 0.29) is 11.8 Å². The van der Waals surface area contributed by atoms with Gasteiger partial charge in [0.25, 0.3) is 0 Å². The topological polar surface area (TPSA) is 31.2 Å². The van der Waals surface area contributed by atoms with Gasteiger partial charge in [-0.1, -0.05) is 6.42 Å². The standard InChI is InChI=1S/C21H25ClFNO2/c1-26-21(25)19-17-7-3-4-8-18(17)24(14-6-2-5-13-22)20(19)15-9-11-16(23)12-10-15/h9-12H,2-8,13-14H2,1H3. The Morgan fingerprint density at radius 1 is 1.15 bits per heavy atom. The fourth-order valence-corrected chi connectivity index (χ4v) is 4.08. The number of halogens is 2. The number of methoxy groups -OCH3 is 1. The lowest BCUT2D eigenvalue weighted by molar-refractivity contribution is 0.0600. The summed E-state index contributed by atoms with van der Waals surface area (Å²) in [6, 6.07) is 6.38. The minimum Gasteiger partial charge on any atom is -0.465 e. The minimum atomic E-state index is -0.304. The van der Waals surface area contributed by atoms with Crippen molar-refractivity contribution in [2.24, 2.45) is 0 Å². The molecule has 3 nitrogen and oxygen atoms in total. The quantitative estimate of drug-likeness (QED) is 0.369. The molecule has 0 saturated heterocycles. The number of nitrogens with zero attached hydrogens (tertiary/aromatic N) is 1. The van der Waals surface area contributed by atoms with Crippen molar-refractivity contribution in [3.8, 4) is 11.3 Å². The summed E-state index contributed by atoms with van der Waals surface area (Å²) < 4.78 is 20.8. The third kappa shape index (κ3) is 3.80. The molecule has 0 atom stereocenters. The van der Waals surface area contributed by atoms with Gasteiger partial charge in [-0.3, -0.25) is 0 Å². The number of rotatable bonds is 7. The molecule has 0 amide bonds. The molecule has 1 aliphatic carbocycles. The molecule has 1 aromatic carbocycles. The first-order chi connectivity index (χ1) is 12.7. The maximum Gasteiger partial charge on any atom is 0.340 e. The van der Waals surface area contributed by atoms with Crippen LogP contribution in [0.4, 0.5) is 4.39 Å². The summed E-state index contributed by atoms with van der Waals surface area (Å²) in [6.07, 6.45) is 7.10. The number of alkyl halides is 1. The van der Waals surface area contributed by atoms with E-state index in [1.807, 2.05) is 0 Å². The molecule has 0 unspecified atom stereocenters. The molecule has 0 N–H and O–H groups in total. The molecule has 0 aliphatic heterocycles. The van der Waals surface area contributed by atoms with Crippen molar-refractivity contribution in [3.05, 3.63) is 46.9 Å². The average molecular weight is 378 g/mol. The Hall–Kier alpha value is -1.81. The molecule has 2 aromatic rings. The first kappa shape index (κ1) is 19.0. The van der Waals surface area contributed by atoms with Crippen LogP contribution < -0.4 is 0 Å². The summed E-state index contributed by atoms with van der Waals surface area (Å²) in [7, 11) is 1.42. The second-order valence-electron chi connectivity index (χ2n) is 6.76. The van der Waals surface area contributed by atoms with E-state index < -0.39 is 0 Å². The summed E-state index contributed by atoms with van der Waals surface area (Å²) in [5.74, 6) is 0.0856. The summed E-state index contributed by atoms with van der Waals surface area (Å²) in [4.78, 5) is 12.6. The molecule has 3 rings (SSSR count). The van der Waals surface area contributed by atoms with Crippen molar-refractivity contribution in [2.45, 2.75) is 51.5 Å². The summed E-state index contributed by atoms with van der Waals surface area (Å²) >= 11 is 5.80. The first-order valence-electron chi connectivity index (χ1n) is 9.31. The van der Waals surface area contributed by atoms with Crippen molar-refractivity contribution in [2.75, 3.05) is 13.0 Å². The molecular weight excluding hydrogens is 353 g/mol. The van der Waals surface area contributed by atoms with Gasteiger partial charge in [-0.15, -0.1) is 11.6 Å². The van der Waals surface area contributed by atoms with Crippen LogP contribution in [-0.2, 0) is 24.1 Å². The maximum absolute atomic E-state index is 13.4. The second-order valence-corrected chi connectivity index (χ2v) is 7.13. The van der Waals surface area contributed by atoms with Gasteiger partial charge in [0.15, 0.2) is 0 Å². The average Bonchev–Trinajstić information content (AvgIpc) is 2.99. The molecule has 0 bridgehead atoms. The molecule has 1 aromatic heterocycles. The Morgan fingerprint density at radius 2 is 1.88 bits per heavy atom. The Kier molecular flexibility index (Phi) is 6.36. The highest BCUT2D eigenvalue weighted by Gasteiger charge is 2.29. The number of ether oxygens (including phenoxy) is 1. The predicted octanol–water partition coefficient (Wildman–Crippen LogP) is 5.37. The van der Waals surface area contributed by atoms with E-state index in [2.05, 4.69) is 4.57 Å². The molecule has 1 heterocycles. The summed E-state index contributed by atoms with van der Waals surface area (Å²) in [5.41, 5.74) is 4.74. The lowest BCUT2D eigenvalue weighted by Crippen LogP contribution is -2.10. The van der Waals surface area contributed by atoms with Gasteiger partial charge in [-0.25, -0.2) is 9.18 Å². The van der Waals surface area contributed by atoms with Gasteiger partial charge in [-0.2, -0.15) is 0 Å². The van der Waals surface area contributed by atoms with Gasteiger partial charge in [0.05, 0.1) is 18.4 Å². The fraction of sp³-hybridized carbons (Fsp3) is 0.476. The Labute approximate surface area is 159 Å². The zero-order valence-corrected chi connectivity index (χ0v) is 15.9. The van der Waals surface area contributed by atoms with E-state index in [1.165, 1.54) is 24.9 Å². The van der Waals surface area contributed by atoms with Gasteiger partial charge >= 0.3 is 5.97 Å². The molecule has 5 heteroatoms. The lowest BCUT2D eigenvalue weighted by Gasteiger charge is -2.17. The number of benzene rings is 1. The smallest absolute Gasteiger partial charge is 0.340 e. The zero-order valence-electron chi connectivity index (χ0n) is 15.2. The largest absolute Gasteiger partial charge is 0.465 e. The van der Waals surface area contributed by atoms with E-state index in [0.29, 0.717) is 11.4 Å². The van der Waals surface area contributed by atoms with E-state index in [1.54, 1.807) is 12.1 Å². The van der Waals surface area contributed by atoms with E-state index in [0.717, 1.165) is 68.3 Å². The fourth-order valence-electron chi connectivity index (χ4n) is 3.89. The van der Waals surface area contributed by atoms with Crippen molar-refractivity contribution in [1.29, 1.82) is 0 Å². The highest BCUT2D eigenvalue weighted by atomic mass is 35.5. The van der Waals surface area contributed by atoms with Crippen molar-refractivity contribution >= 4 is 17.6 Å². The Bertz CT molecular complexity index is 767. The van der Waals surface area contributed by atoms with Gasteiger partial charge in [0, 0.05) is 18.1 Å². The van der Waals surface area contributed by atoms with Gasteiger partial charge in [0.1, 0.15) is 5.82 Å². The van der Waals surface area contributed by atoms with Crippen LogP contribution in [0.3, 0.4) is 0 Å². The number of fused-ring (bicyclic) bond motifs is 1. The van der Waals surface area contributed by atoms with Gasteiger partial charge in [0.2, 0.25) is 0 Å². The van der Waals surface area contributed by atoms with Crippen molar-refractivity contribution in [3.63, 3.8) is 0 Å². The molecule has 26 heavy (non-hydrogen) atoms. The number of carbonyl (C=O) groups excluding carboxylic acids is 1. The van der Waals surface area contributed by atoms with Gasteiger partial charge < -0.3 is 9.30 Å². The number of hydrogen-bond acceptors (Lipinski definition) is 2. The molecule has 0 radical (unpaired) electrons. The van der Waals surface area contributed by atoms with Crippen molar-refractivity contribution < 1.29 is 13.9 Å². The van der Waals surface area contributed by atoms with Crippen LogP contribution in [0, 0.1) is 5.82 Å². The number of aromatic nitrogens is 1. The van der Waals surface area contributed by atoms with Crippen LogP contribution in [-0.4, -0.2) is 23.5 Å². The minimum absolute atomic E-state index is 0.279. The number of carbonyl (C=O) groups is 1. The molecular formula is C21H25ClFNO2. The van der Waals surface area contributed by atoms with Crippen LogP contribution >= 0.6 is 11.6 Å². The van der Waals surface area contributed by atoms with Crippen LogP contribution in [0.5, 0.6) is 0 Å². The number of unbranched alkanes of at least 4 members (excludes halogenated alkanes) is 2. The molecule has 0 fully saturated rings. The third-order valence-corrected chi connectivity index (χ3v) is 5.36. The van der Waals surface area contributed by atoms with Crippen LogP contribution in [0.2, 0.25) is 0 Å². The Balaban J connectivity index is 2.11. The molecule has 140 valence electrons. The molecule has 1 aliphatic rings. The first-order valence-corrected chi connectivity index (χ1v) is 9.85. The van der Waals surface area contributed by atoms with Crippen LogP contribution in [0.15, 0.2) is 24.3 Å². The number of esters is 1. The van der Waals surface area contributed by atoms with Crippen LogP contribution in [0.1, 0.15) is 53.7 Å². The van der Waals surface area contributed by atoms with Crippen LogP contribution in [0.25, 0.3) is 11.3 Å². The van der Waals surface area contributed by atoms with E-state index in [9.17, 15) is 9.18 Å². The second kappa shape index (κ2) is 8.72. The maximum atomic E-state index is 13.4. The third-order valence-electron chi connectivity index (χ3n) is 5.10. The number of hydrogen-bond donors (Lipinski definition) is 0. The Morgan fingerprint density at radius 3 is 2.58 bits per heavy atom.